The number of nitrogens with two attached hydrogens (primary N) is 1. The molecule has 0 aliphatic heterocycles. The van der Waals surface area contributed by atoms with Gasteiger partial charge < -0.3 is 16.4 Å². The summed E-state index contributed by atoms with van der Waals surface area (Å²) in [6.07, 6.45) is 4.73. The molecule has 98 valence electrons. The van der Waals surface area contributed by atoms with Gasteiger partial charge >= 0.3 is 0 Å². The number of rotatable bonds is 6. The van der Waals surface area contributed by atoms with E-state index in [1.807, 2.05) is 13.8 Å². The Morgan fingerprint density at radius 2 is 1.88 bits per heavy atom. The van der Waals surface area contributed by atoms with Crippen molar-refractivity contribution in [3.05, 3.63) is 0 Å². The third-order valence-corrected chi connectivity index (χ3v) is 3.20. The number of carbonyl (C=O) groups is 2. The van der Waals surface area contributed by atoms with Gasteiger partial charge in [-0.2, -0.15) is 0 Å². The zero-order chi connectivity index (χ0) is 12.8. The molecule has 0 aromatic rings. The lowest BCUT2D eigenvalue weighted by atomic mass is 10.0. The van der Waals surface area contributed by atoms with E-state index in [1.165, 1.54) is 12.8 Å². The highest BCUT2D eigenvalue weighted by molar-refractivity contribution is 5.87. The maximum absolute atomic E-state index is 11.6. The first-order valence-electron chi connectivity index (χ1n) is 6.32. The van der Waals surface area contributed by atoms with Gasteiger partial charge in [-0.1, -0.05) is 26.7 Å². The Kier molecular flexibility index (Phi) is 5.41. The molecular formula is C12H23N3O2. The molecular weight excluding hydrogens is 218 g/mol. The van der Waals surface area contributed by atoms with Crippen LogP contribution < -0.4 is 16.4 Å². The zero-order valence-electron chi connectivity index (χ0n) is 10.7. The highest BCUT2D eigenvalue weighted by atomic mass is 16.2. The second-order valence-electron chi connectivity index (χ2n) is 5.05. The Labute approximate surface area is 103 Å². The summed E-state index contributed by atoms with van der Waals surface area (Å²) in [6, 6.07) is -0.125. The third kappa shape index (κ3) is 4.73. The van der Waals surface area contributed by atoms with E-state index >= 15 is 0 Å². The van der Waals surface area contributed by atoms with E-state index in [0.29, 0.717) is 6.04 Å². The van der Waals surface area contributed by atoms with Gasteiger partial charge in [0.05, 0.1) is 6.54 Å². The minimum Gasteiger partial charge on any atom is -0.368 e. The van der Waals surface area contributed by atoms with E-state index in [9.17, 15) is 9.59 Å². The number of hydrogen-bond acceptors (Lipinski definition) is 3. The van der Waals surface area contributed by atoms with Crippen molar-refractivity contribution in [2.45, 2.75) is 51.6 Å². The molecule has 0 radical (unpaired) electrons. The minimum atomic E-state index is -0.576. The summed E-state index contributed by atoms with van der Waals surface area (Å²) < 4.78 is 0. The molecule has 0 bridgehead atoms. The largest absolute Gasteiger partial charge is 0.368 e. The maximum Gasteiger partial charge on any atom is 0.240 e. The quantitative estimate of drug-likeness (QED) is 0.618. The van der Waals surface area contributed by atoms with E-state index in [-0.39, 0.29) is 18.4 Å². The lowest BCUT2D eigenvalue weighted by Gasteiger charge is -2.19. The van der Waals surface area contributed by atoms with Crippen LogP contribution >= 0.6 is 0 Å². The average Bonchev–Trinajstić information content (AvgIpc) is 2.74. The first kappa shape index (κ1) is 14.0. The van der Waals surface area contributed by atoms with Crippen LogP contribution in [0.2, 0.25) is 0 Å². The Hall–Kier alpha value is -1.10. The van der Waals surface area contributed by atoms with E-state index in [1.54, 1.807) is 0 Å². The first-order chi connectivity index (χ1) is 8.00. The second kappa shape index (κ2) is 6.59. The van der Waals surface area contributed by atoms with Crippen molar-refractivity contribution < 1.29 is 9.59 Å². The van der Waals surface area contributed by atoms with Crippen LogP contribution in [-0.2, 0) is 9.59 Å². The van der Waals surface area contributed by atoms with Gasteiger partial charge in [-0.15, -0.1) is 0 Å². The van der Waals surface area contributed by atoms with Gasteiger partial charge in [-0.05, 0) is 18.8 Å². The summed E-state index contributed by atoms with van der Waals surface area (Å²) in [6.45, 7) is 3.99. The van der Waals surface area contributed by atoms with Crippen molar-refractivity contribution in [2.24, 2.45) is 11.7 Å². The van der Waals surface area contributed by atoms with Crippen LogP contribution in [0.1, 0.15) is 39.5 Å². The van der Waals surface area contributed by atoms with Crippen LogP contribution in [0, 0.1) is 5.92 Å². The van der Waals surface area contributed by atoms with Crippen molar-refractivity contribution in [3.8, 4) is 0 Å². The fraction of sp³-hybridized carbons (Fsp3) is 0.833. The van der Waals surface area contributed by atoms with Gasteiger partial charge in [-0.3, -0.25) is 9.59 Å². The molecule has 1 saturated carbocycles. The van der Waals surface area contributed by atoms with E-state index in [0.717, 1.165) is 12.8 Å². The monoisotopic (exact) mass is 241 g/mol. The molecule has 0 spiro atoms. The molecule has 0 heterocycles. The smallest absolute Gasteiger partial charge is 0.240 e. The molecule has 0 saturated heterocycles. The van der Waals surface area contributed by atoms with Crippen LogP contribution in [0.15, 0.2) is 0 Å². The molecule has 2 amide bonds. The molecule has 5 heteroatoms. The molecule has 1 atom stereocenters. The molecule has 1 unspecified atom stereocenters. The fourth-order valence-electron chi connectivity index (χ4n) is 2.16. The minimum absolute atomic E-state index is 0.0166. The third-order valence-electron chi connectivity index (χ3n) is 3.20. The molecule has 1 aliphatic rings. The van der Waals surface area contributed by atoms with Crippen LogP contribution in [0.4, 0.5) is 0 Å². The number of primary amides is 1. The Bertz CT molecular complexity index is 273. The fourth-order valence-corrected chi connectivity index (χ4v) is 2.16. The molecule has 1 rings (SSSR count). The van der Waals surface area contributed by atoms with E-state index < -0.39 is 11.9 Å². The molecule has 5 nitrogen and oxygen atoms in total. The van der Waals surface area contributed by atoms with Gasteiger partial charge in [0.1, 0.15) is 6.04 Å². The molecule has 0 aromatic carbocycles. The lowest BCUT2D eigenvalue weighted by molar-refractivity contribution is -0.127. The van der Waals surface area contributed by atoms with Crippen LogP contribution in [0.5, 0.6) is 0 Å². The highest BCUT2D eigenvalue weighted by Gasteiger charge is 2.22. The van der Waals surface area contributed by atoms with Crippen molar-refractivity contribution in [1.29, 1.82) is 0 Å². The molecule has 4 N–H and O–H groups in total. The predicted octanol–water partition coefficient (Wildman–Crippen LogP) is 0.145. The number of hydrogen-bond donors (Lipinski definition) is 3. The van der Waals surface area contributed by atoms with Gasteiger partial charge in [0, 0.05) is 6.04 Å². The average molecular weight is 241 g/mol. The van der Waals surface area contributed by atoms with Crippen LogP contribution in [0.3, 0.4) is 0 Å². The first-order valence-corrected chi connectivity index (χ1v) is 6.32. The van der Waals surface area contributed by atoms with Gasteiger partial charge in [-0.25, -0.2) is 0 Å². The highest BCUT2D eigenvalue weighted by Crippen LogP contribution is 2.17. The molecule has 1 aliphatic carbocycles. The van der Waals surface area contributed by atoms with Gasteiger partial charge in [0.25, 0.3) is 0 Å². The van der Waals surface area contributed by atoms with E-state index in [4.69, 9.17) is 5.73 Å². The molecule has 17 heavy (non-hydrogen) atoms. The van der Waals surface area contributed by atoms with Crippen molar-refractivity contribution in [2.75, 3.05) is 6.54 Å². The summed E-state index contributed by atoms with van der Waals surface area (Å²) in [5.74, 6) is -0.619. The summed E-state index contributed by atoms with van der Waals surface area (Å²) in [5.41, 5.74) is 5.23. The summed E-state index contributed by atoms with van der Waals surface area (Å²) in [4.78, 5) is 22.8. The van der Waals surface area contributed by atoms with E-state index in [2.05, 4.69) is 10.6 Å². The standard InChI is InChI=1S/C12H23N3O2/c1-8(2)11(12(13)17)15-10(16)7-14-9-5-3-4-6-9/h8-9,11,14H,3-7H2,1-2H3,(H2,13,17)(H,15,16). The summed E-state index contributed by atoms with van der Waals surface area (Å²) >= 11 is 0. The van der Waals surface area contributed by atoms with Crippen molar-refractivity contribution in [3.63, 3.8) is 0 Å². The molecule has 0 aromatic heterocycles. The van der Waals surface area contributed by atoms with Crippen LogP contribution in [-0.4, -0.2) is 30.4 Å². The predicted molar refractivity (Wildman–Crippen MR) is 66.2 cm³/mol. The van der Waals surface area contributed by atoms with Crippen LogP contribution in [0.25, 0.3) is 0 Å². The lowest BCUT2D eigenvalue weighted by Crippen LogP contribution is -2.50. The Morgan fingerprint density at radius 1 is 1.29 bits per heavy atom. The number of carbonyl (C=O) groups excluding carboxylic acids is 2. The van der Waals surface area contributed by atoms with Gasteiger partial charge in [0.15, 0.2) is 0 Å². The van der Waals surface area contributed by atoms with Crippen molar-refractivity contribution >= 4 is 11.8 Å². The van der Waals surface area contributed by atoms with Gasteiger partial charge in [0.2, 0.25) is 11.8 Å². The Morgan fingerprint density at radius 3 is 2.35 bits per heavy atom. The van der Waals surface area contributed by atoms with Crippen molar-refractivity contribution in [1.82, 2.24) is 10.6 Å². The Balaban J connectivity index is 2.29. The topological polar surface area (TPSA) is 84.2 Å². The number of amides is 2. The summed E-state index contributed by atoms with van der Waals surface area (Å²) in [5, 5.41) is 5.86. The summed E-state index contributed by atoms with van der Waals surface area (Å²) in [7, 11) is 0. The second-order valence-corrected chi connectivity index (χ2v) is 5.05. The SMILES string of the molecule is CC(C)C(NC(=O)CNC1CCCC1)C(N)=O. The number of nitrogens with one attached hydrogen (secondary N) is 2. The maximum atomic E-state index is 11.6. The zero-order valence-corrected chi connectivity index (χ0v) is 10.7. The molecule has 1 fully saturated rings. The normalized spacial score (nSPS) is 18.3.